The van der Waals surface area contributed by atoms with Crippen LogP contribution in [0.25, 0.3) is 0 Å². The van der Waals surface area contributed by atoms with Crippen molar-refractivity contribution in [3.8, 4) is 6.26 Å². The van der Waals surface area contributed by atoms with E-state index in [0.29, 0.717) is 5.76 Å². The molecule has 0 heterocycles. The molecule has 0 unspecified atom stereocenters. The van der Waals surface area contributed by atoms with Crippen LogP contribution in [0.15, 0.2) is 36.6 Å². The average molecular weight is 195 g/mol. The summed E-state index contributed by atoms with van der Waals surface area (Å²) in [6.45, 7) is 13.2. The van der Waals surface area contributed by atoms with Gasteiger partial charge in [0, 0.05) is 0 Å². The molecule has 2 heteroatoms. The molecule has 0 amide bonds. The molecule has 0 rings (SSSR count). The van der Waals surface area contributed by atoms with Crippen molar-refractivity contribution in [3.05, 3.63) is 36.6 Å². The molecule has 0 aliphatic heterocycles. The van der Waals surface area contributed by atoms with Gasteiger partial charge in [0.2, 0.25) is 0 Å². The smallest absolute Gasteiger partial charge is 0.291 e. The molecular weight excluding hydrogens is 174 g/mol. The SMILES string of the molecule is C=C/C=C\C=C(/C)OC#N.CC.CC. The summed E-state index contributed by atoms with van der Waals surface area (Å²) >= 11 is 0. The lowest BCUT2D eigenvalue weighted by Crippen LogP contribution is -1.74. The lowest BCUT2D eigenvalue weighted by atomic mass is 10.4. The summed E-state index contributed by atoms with van der Waals surface area (Å²) in [7, 11) is 0. The number of hydrogen-bond donors (Lipinski definition) is 0. The van der Waals surface area contributed by atoms with Gasteiger partial charge in [-0.2, -0.15) is 0 Å². The zero-order valence-electron chi connectivity index (χ0n) is 9.87. The van der Waals surface area contributed by atoms with Gasteiger partial charge in [-0.1, -0.05) is 52.5 Å². The lowest BCUT2D eigenvalue weighted by Gasteiger charge is -1.88. The molecule has 0 radical (unpaired) electrons. The van der Waals surface area contributed by atoms with Gasteiger partial charge in [-0.15, -0.1) is 5.26 Å². The summed E-state index contributed by atoms with van der Waals surface area (Å²) < 4.78 is 4.47. The number of nitrogens with zero attached hydrogens (tertiary/aromatic N) is 1. The van der Waals surface area contributed by atoms with Gasteiger partial charge >= 0.3 is 0 Å². The molecule has 0 saturated heterocycles. The molecule has 0 aliphatic rings. The summed E-state index contributed by atoms with van der Waals surface area (Å²) in [6, 6.07) is 0. The molecule has 0 saturated carbocycles. The quantitative estimate of drug-likeness (QED) is 0.384. The Kier molecular flexibility index (Phi) is 29.5. The minimum absolute atomic E-state index is 0.570. The van der Waals surface area contributed by atoms with E-state index in [-0.39, 0.29) is 0 Å². The van der Waals surface area contributed by atoms with E-state index in [1.807, 2.05) is 27.7 Å². The molecule has 80 valence electrons. The Morgan fingerprint density at radius 3 is 2.07 bits per heavy atom. The van der Waals surface area contributed by atoms with Crippen molar-refractivity contribution in [2.45, 2.75) is 34.6 Å². The topological polar surface area (TPSA) is 33.0 Å². The zero-order valence-corrected chi connectivity index (χ0v) is 9.87. The monoisotopic (exact) mass is 195 g/mol. The molecule has 0 atom stereocenters. The summed E-state index contributed by atoms with van der Waals surface area (Å²) in [5.41, 5.74) is 0. The van der Waals surface area contributed by atoms with E-state index < -0.39 is 0 Å². The Hall–Kier alpha value is -1.49. The Morgan fingerprint density at radius 2 is 1.71 bits per heavy atom. The van der Waals surface area contributed by atoms with E-state index in [1.54, 1.807) is 37.5 Å². The van der Waals surface area contributed by atoms with Gasteiger partial charge in [0.15, 0.2) is 0 Å². The van der Waals surface area contributed by atoms with Gasteiger partial charge in [-0.05, 0) is 13.0 Å². The third-order valence-corrected chi connectivity index (χ3v) is 0.785. The van der Waals surface area contributed by atoms with Gasteiger partial charge in [0.05, 0.1) is 0 Å². The van der Waals surface area contributed by atoms with Crippen molar-refractivity contribution in [1.29, 1.82) is 5.26 Å². The molecule has 2 nitrogen and oxygen atoms in total. The van der Waals surface area contributed by atoms with Crippen molar-refractivity contribution in [3.63, 3.8) is 0 Å². The standard InChI is InChI=1S/C8H9NO.2C2H6/c1-3-4-5-6-8(2)10-7-9;2*1-2/h3-6H,1H2,2H3;2*1-2H3/b5-4-,8-6+;;. The number of allylic oxidation sites excluding steroid dienone is 5. The van der Waals surface area contributed by atoms with Gasteiger partial charge in [0.25, 0.3) is 6.26 Å². The second kappa shape index (κ2) is 22.5. The van der Waals surface area contributed by atoms with Crippen LogP contribution in [0.5, 0.6) is 0 Å². The zero-order chi connectivity index (χ0) is 11.8. The normalized spacial score (nSPS) is 8.71. The predicted octanol–water partition coefficient (Wildman–Crippen LogP) is 4.18. The third-order valence-electron chi connectivity index (χ3n) is 0.785. The van der Waals surface area contributed by atoms with Gasteiger partial charge in [0.1, 0.15) is 5.76 Å². The Labute approximate surface area is 88.2 Å². The summed E-state index contributed by atoms with van der Waals surface area (Å²) in [6.07, 6.45) is 8.40. The maximum Gasteiger partial charge on any atom is 0.291 e. The Balaban J connectivity index is -0.000000266. The summed E-state index contributed by atoms with van der Waals surface area (Å²) in [5, 5.41) is 8.04. The van der Waals surface area contributed by atoms with Crippen molar-refractivity contribution in [2.24, 2.45) is 0 Å². The molecule has 14 heavy (non-hydrogen) atoms. The first-order valence-corrected chi connectivity index (χ1v) is 4.83. The van der Waals surface area contributed by atoms with Crippen LogP contribution in [0.2, 0.25) is 0 Å². The second-order valence-corrected chi connectivity index (χ2v) is 1.59. The largest absolute Gasteiger partial charge is 0.393 e. The highest BCUT2D eigenvalue weighted by Gasteiger charge is 1.80. The molecule has 0 aromatic carbocycles. The van der Waals surface area contributed by atoms with Crippen LogP contribution < -0.4 is 0 Å². The highest BCUT2D eigenvalue weighted by molar-refractivity contribution is 5.11. The minimum Gasteiger partial charge on any atom is -0.393 e. The highest BCUT2D eigenvalue weighted by atomic mass is 16.5. The fourth-order valence-electron chi connectivity index (χ4n) is 0.376. The summed E-state index contributed by atoms with van der Waals surface area (Å²) in [4.78, 5) is 0. The molecular formula is C12H21NO. The van der Waals surface area contributed by atoms with Gasteiger partial charge in [-0.3, -0.25) is 0 Å². The van der Waals surface area contributed by atoms with E-state index in [1.165, 1.54) is 0 Å². The average Bonchev–Trinajstić information content (AvgIpc) is 2.25. The number of rotatable bonds is 3. The van der Waals surface area contributed by atoms with Crippen LogP contribution in [-0.4, -0.2) is 0 Å². The number of nitriles is 1. The molecule has 0 aliphatic carbocycles. The van der Waals surface area contributed by atoms with Crippen LogP contribution in [0.1, 0.15) is 34.6 Å². The van der Waals surface area contributed by atoms with E-state index in [9.17, 15) is 0 Å². The van der Waals surface area contributed by atoms with Crippen LogP contribution in [0.3, 0.4) is 0 Å². The lowest BCUT2D eigenvalue weighted by molar-refractivity contribution is 0.377. The second-order valence-electron chi connectivity index (χ2n) is 1.59. The van der Waals surface area contributed by atoms with Gasteiger partial charge in [-0.25, -0.2) is 0 Å². The van der Waals surface area contributed by atoms with Crippen molar-refractivity contribution >= 4 is 0 Å². The molecule has 0 bridgehead atoms. The fraction of sp³-hybridized carbons (Fsp3) is 0.417. The summed E-state index contributed by atoms with van der Waals surface area (Å²) in [5.74, 6) is 0.570. The number of hydrogen-bond acceptors (Lipinski definition) is 2. The van der Waals surface area contributed by atoms with E-state index in [4.69, 9.17) is 5.26 Å². The molecule has 0 aromatic rings. The molecule has 0 N–H and O–H groups in total. The molecule has 0 fully saturated rings. The first-order valence-electron chi connectivity index (χ1n) is 4.83. The third kappa shape index (κ3) is 22.4. The van der Waals surface area contributed by atoms with Crippen LogP contribution >= 0.6 is 0 Å². The molecule has 0 aromatic heterocycles. The van der Waals surface area contributed by atoms with Crippen molar-refractivity contribution < 1.29 is 4.74 Å². The Bertz CT molecular complexity index is 197. The maximum atomic E-state index is 8.04. The first kappa shape index (κ1) is 18.3. The number of ether oxygens (including phenoxy) is 1. The molecule has 0 spiro atoms. The van der Waals surface area contributed by atoms with E-state index in [0.717, 1.165) is 0 Å². The van der Waals surface area contributed by atoms with E-state index >= 15 is 0 Å². The maximum absolute atomic E-state index is 8.04. The van der Waals surface area contributed by atoms with Crippen molar-refractivity contribution in [2.75, 3.05) is 0 Å². The van der Waals surface area contributed by atoms with E-state index in [2.05, 4.69) is 11.3 Å². The predicted molar refractivity (Wildman–Crippen MR) is 62.5 cm³/mol. The minimum atomic E-state index is 0.570. The van der Waals surface area contributed by atoms with Crippen molar-refractivity contribution in [1.82, 2.24) is 0 Å². The van der Waals surface area contributed by atoms with Gasteiger partial charge < -0.3 is 4.74 Å². The first-order chi connectivity index (χ1) is 6.81. The van der Waals surface area contributed by atoms with Crippen LogP contribution in [0, 0.1) is 11.5 Å². The Morgan fingerprint density at radius 1 is 1.21 bits per heavy atom. The highest BCUT2D eigenvalue weighted by Crippen LogP contribution is 1.93. The van der Waals surface area contributed by atoms with Crippen LogP contribution in [0.4, 0.5) is 0 Å². The van der Waals surface area contributed by atoms with Crippen LogP contribution in [-0.2, 0) is 4.74 Å². The fourth-order valence-corrected chi connectivity index (χ4v) is 0.376.